The molecule has 4 rings (SSSR count). The Bertz CT molecular complexity index is 1030. The van der Waals surface area contributed by atoms with Crippen LogP contribution in [0.4, 0.5) is 5.69 Å². The van der Waals surface area contributed by atoms with Crippen molar-refractivity contribution >= 4 is 11.6 Å². The van der Waals surface area contributed by atoms with Crippen LogP contribution in [0.1, 0.15) is 53.5 Å². The normalized spacial score (nSPS) is 13.7. The number of nitrogens with zero attached hydrogens (tertiary/aromatic N) is 4. The van der Waals surface area contributed by atoms with Crippen molar-refractivity contribution in [2.75, 3.05) is 5.32 Å². The van der Waals surface area contributed by atoms with Gasteiger partial charge in [0.15, 0.2) is 5.82 Å². The van der Waals surface area contributed by atoms with Crippen LogP contribution in [0.25, 0.3) is 11.4 Å². The third kappa shape index (κ3) is 3.69. The summed E-state index contributed by atoms with van der Waals surface area (Å²) in [5, 5.41) is 14.9. The molecular weight excluding hydrogens is 352 g/mol. The molecule has 2 aromatic heterocycles. The number of H-pyrrole nitrogens is 1. The van der Waals surface area contributed by atoms with Crippen LogP contribution in [0.3, 0.4) is 0 Å². The molecule has 1 fully saturated rings. The summed E-state index contributed by atoms with van der Waals surface area (Å²) in [5.74, 6) is 2.07. The van der Waals surface area contributed by atoms with Gasteiger partial charge in [0, 0.05) is 30.6 Å². The number of aromatic amines is 1. The molecular formula is C21H26N6O. The Balaban J connectivity index is 1.50. The molecule has 146 valence electrons. The van der Waals surface area contributed by atoms with Gasteiger partial charge in [0.2, 0.25) is 5.91 Å². The van der Waals surface area contributed by atoms with E-state index in [2.05, 4.69) is 25.6 Å². The van der Waals surface area contributed by atoms with Crippen molar-refractivity contribution in [3.05, 3.63) is 46.5 Å². The predicted molar refractivity (Wildman–Crippen MR) is 108 cm³/mol. The maximum Gasteiger partial charge on any atom is 0.224 e. The van der Waals surface area contributed by atoms with Crippen molar-refractivity contribution in [3.8, 4) is 11.4 Å². The fourth-order valence-corrected chi connectivity index (χ4v) is 3.52. The summed E-state index contributed by atoms with van der Waals surface area (Å²) in [4.78, 5) is 17.3. The topological polar surface area (TPSA) is 88.5 Å². The Morgan fingerprint density at radius 1 is 1.29 bits per heavy atom. The number of aryl methyl sites for hydroxylation is 3. The average molecular weight is 378 g/mol. The van der Waals surface area contributed by atoms with Gasteiger partial charge in [-0.2, -0.15) is 10.2 Å². The number of nitrogens with one attached hydrogen (secondary N) is 2. The summed E-state index contributed by atoms with van der Waals surface area (Å²) < 4.78 is 1.86. The Morgan fingerprint density at radius 2 is 2.07 bits per heavy atom. The van der Waals surface area contributed by atoms with Crippen molar-refractivity contribution in [2.45, 2.75) is 52.4 Å². The van der Waals surface area contributed by atoms with E-state index < -0.39 is 0 Å². The lowest BCUT2D eigenvalue weighted by atomic mass is 10.1. The molecule has 0 unspecified atom stereocenters. The number of carbonyl (C=O) groups excluding carboxylic acids is 1. The van der Waals surface area contributed by atoms with Crippen LogP contribution < -0.4 is 5.32 Å². The van der Waals surface area contributed by atoms with Crippen LogP contribution >= 0.6 is 0 Å². The van der Waals surface area contributed by atoms with Crippen LogP contribution in [0, 0.1) is 20.8 Å². The van der Waals surface area contributed by atoms with Gasteiger partial charge in [0.1, 0.15) is 5.82 Å². The lowest BCUT2D eigenvalue weighted by Gasteiger charge is -2.10. The summed E-state index contributed by atoms with van der Waals surface area (Å²) in [6, 6.07) is 5.93. The lowest BCUT2D eigenvalue weighted by molar-refractivity contribution is -0.116. The number of amides is 1. The number of hydrogen-bond acceptors (Lipinski definition) is 4. The van der Waals surface area contributed by atoms with Crippen LogP contribution in [0.2, 0.25) is 0 Å². The van der Waals surface area contributed by atoms with E-state index in [0.717, 1.165) is 39.6 Å². The van der Waals surface area contributed by atoms with Crippen LogP contribution in [0.15, 0.2) is 18.2 Å². The van der Waals surface area contributed by atoms with E-state index in [1.165, 1.54) is 12.8 Å². The van der Waals surface area contributed by atoms with E-state index in [0.29, 0.717) is 24.6 Å². The van der Waals surface area contributed by atoms with Crippen molar-refractivity contribution in [2.24, 2.45) is 7.05 Å². The Morgan fingerprint density at radius 3 is 2.75 bits per heavy atom. The monoisotopic (exact) mass is 378 g/mol. The third-order valence-corrected chi connectivity index (χ3v) is 5.42. The first-order valence-corrected chi connectivity index (χ1v) is 9.74. The minimum Gasteiger partial charge on any atom is -0.325 e. The fraction of sp³-hybridized carbons (Fsp3) is 0.429. The zero-order valence-electron chi connectivity index (χ0n) is 16.8. The molecule has 0 bridgehead atoms. The van der Waals surface area contributed by atoms with Gasteiger partial charge in [-0.05, 0) is 57.7 Å². The Kier molecular flexibility index (Phi) is 4.75. The van der Waals surface area contributed by atoms with Gasteiger partial charge >= 0.3 is 0 Å². The predicted octanol–water partition coefficient (Wildman–Crippen LogP) is 3.58. The first kappa shape index (κ1) is 18.4. The molecule has 0 aliphatic heterocycles. The van der Waals surface area contributed by atoms with Gasteiger partial charge in [-0.25, -0.2) is 4.98 Å². The highest BCUT2D eigenvalue weighted by Crippen LogP contribution is 2.39. The zero-order valence-corrected chi connectivity index (χ0v) is 16.8. The number of benzene rings is 1. The Hall–Kier alpha value is -2.96. The summed E-state index contributed by atoms with van der Waals surface area (Å²) >= 11 is 0. The quantitative estimate of drug-likeness (QED) is 0.686. The molecule has 1 aliphatic carbocycles. The SMILES string of the molecule is Cc1ccc(NC(=O)CCc2c(C)nn(C)c2C)c(-c2n[nH]c(C3CC3)n2)c1. The highest BCUT2D eigenvalue weighted by molar-refractivity contribution is 5.95. The molecule has 28 heavy (non-hydrogen) atoms. The zero-order chi connectivity index (χ0) is 19.8. The highest BCUT2D eigenvalue weighted by Gasteiger charge is 2.27. The largest absolute Gasteiger partial charge is 0.325 e. The van der Waals surface area contributed by atoms with Crippen LogP contribution in [-0.2, 0) is 18.3 Å². The molecule has 0 atom stereocenters. The molecule has 7 heteroatoms. The van der Waals surface area contributed by atoms with Crippen LogP contribution in [0.5, 0.6) is 0 Å². The minimum absolute atomic E-state index is 0.0225. The van der Waals surface area contributed by atoms with Gasteiger partial charge < -0.3 is 5.32 Å². The van der Waals surface area contributed by atoms with E-state index in [4.69, 9.17) is 0 Å². The first-order chi connectivity index (χ1) is 13.4. The number of aromatic nitrogens is 5. The summed E-state index contributed by atoms with van der Waals surface area (Å²) in [5.41, 5.74) is 5.94. The van der Waals surface area contributed by atoms with Gasteiger partial charge in [-0.1, -0.05) is 11.6 Å². The molecule has 3 aromatic rings. The third-order valence-electron chi connectivity index (χ3n) is 5.42. The molecule has 0 radical (unpaired) electrons. The molecule has 1 saturated carbocycles. The van der Waals surface area contributed by atoms with E-state index in [-0.39, 0.29) is 5.91 Å². The smallest absolute Gasteiger partial charge is 0.224 e. The fourth-order valence-electron chi connectivity index (χ4n) is 3.52. The molecule has 7 nitrogen and oxygen atoms in total. The average Bonchev–Trinajstić information content (AvgIpc) is 3.34. The lowest BCUT2D eigenvalue weighted by Crippen LogP contribution is -2.13. The molecule has 2 N–H and O–H groups in total. The van der Waals surface area contributed by atoms with E-state index in [9.17, 15) is 4.79 Å². The van der Waals surface area contributed by atoms with E-state index in [1.54, 1.807) is 0 Å². The van der Waals surface area contributed by atoms with Crippen molar-refractivity contribution in [1.82, 2.24) is 25.0 Å². The molecule has 1 amide bonds. The summed E-state index contributed by atoms with van der Waals surface area (Å²) in [7, 11) is 1.93. The number of carbonyl (C=O) groups is 1. The van der Waals surface area contributed by atoms with Crippen molar-refractivity contribution in [3.63, 3.8) is 0 Å². The van der Waals surface area contributed by atoms with Gasteiger partial charge in [-0.3, -0.25) is 14.6 Å². The molecule has 0 spiro atoms. The van der Waals surface area contributed by atoms with E-state index >= 15 is 0 Å². The standard InChI is InChI=1S/C21H26N6O/c1-12-5-9-18(17(11-12)21-23-20(24-25-21)15-6-7-15)22-19(28)10-8-16-13(2)26-27(4)14(16)3/h5,9,11,15H,6-8,10H2,1-4H3,(H,22,28)(H,23,24,25). The van der Waals surface area contributed by atoms with E-state index in [1.807, 2.05) is 50.7 Å². The summed E-state index contributed by atoms with van der Waals surface area (Å²) in [6.45, 7) is 6.04. The van der Waals surface area contributed by atoms with Gasteiger partial charge in [0.05, 0.1) is 11.4 Å². The molecule has 1 aliphatic rings. The van der Waals surface area contributed by atoms with Crippen molar-refractivity contribution < 1.29 is 4.79 Å². The van der Waals surface area contributed by atoms with Crippen molar-refractivity contribution in [1.29, 1.82) is 0 Å². The highest BCUT2D eigenvalue weighted by atomic mass is 16.1. The minimum atomic E-state index is -0.0225. The van der Waals surface area contributed by atoms with Gasteiger partial charge in [0.25, 0.3) is 0 Å². The number of anilines is 1. The number of rotatable bonds is 6. The van der Waals surface area contributed by atoms with Gasteiger partial charge in [-0.15, -0.1) is 0 Å². The first-order valence-electron chi connectivity index (χ1n) is 9.74. The molecule has 1 aromatic carbocycles. The number of hydrogen-bond donors (Lipinski definition) is 2. The second kappa shape index (κ2) is 7.22. The maximum atomic E-state index is 12.6. The Labute approximate surface area is 164 Å². The molecule has 0 saturated heterocycles. The second-order valence-corrected chi connectivity index (χ2v) is 7.69. The second-order valence-electron chi connectivity index (χ2n) is 7.69. The maximum absolute atomic E-state index is 12.6. The van der Waals surface area contributed by atoms with Crippen LogP contribution in [-0.4, -0.2) is 30.9 Å². The summed E-state index contributed by atoms with van der Waals surface area (Å²) in [6.07, 6.45) is 3.41. The molecule has 2 heterocycles.